The number of urea groups is 1. The maximum absolute atomic E-state index is 12.6. The number of nitrogens with one attached hydrogen (secondary N) is 1. The van der Waals surface area contributed by atoms with Gasteiger partial charge in [0.2, 0.25) is 0 Å². The Morgan fingerprint density at radius 1 is 1.44 bits per heavy atom. The lowest BCUT2D eigenvalue weighted by atomic mass is 10.4. The summed E-state index contributed by atoms with van der Waals surface area (Å²) in [5.41, 5.74) is -0.135. The number of methoxy groups -OCH3 is 1. The highest BCUT2D eigenvalue weighted by Crippen LogP contribution is 2.17. The van der Waals surface area contributed by atoms with Crippen molar-refractivity contribution in [3.05, 3.63) is 50.0 Å². The predicted molar refractivity (Wildman–Crippen MR) is 99.7 cm³/mol. The topological polar surface area (TPSA) is 75.9 Å². The van der Waals surface area contributed by atoms with Crippen LogP contribution in [-0.4, -0.2) is 40.6 Å². The Hall–Kier alpha value is -2.23. The fourth-order valence-corrected chi connectivity index (χ4v) is 3.90. The van der Waals surface area contributed by atoms with Crippen LogP contribution in [-0.2, 0) is 11.3 Å². The van der Waals surface area contributed by atoms with Gasteiger partial charge in [-0.1, -0.05) is 0 Å². The fraction of sp³-hybridized carbons (Fsp3) is 0.312. The molecule has 3 heterocycles. The van der Waals surface area contributed by atoms with Crippen LogP contribution < -0.4 is 10.9 Å². The molecule has 7 nitrogen and oxygen atoms in total. The molecule has 0 aliphatic rings. The van der Waals surface area contributed by atoms with Gasteiger partial charge in [0.15, 0.2) is 4.96 Å². The van der Waals surface area contributed by atoms with Crippen molar-refractivity contribution in [1.82, 2.24) is 14.3 Å². The van der Waals surface area contributed by atoms with Gasteiger partial charge in [-0.15, -0.1) is 22.7 Å². The SMILES string of the molecule is COCCN(Cc1ccc(C)s1)C(=O)Nc1cnc2sccn2c1=O. The second-order valence-electron chi connectivity index (χ2n) is 5.39. The summed E-state index contributed by atoms with van der Waals surface area (Å²) >= 11 is 3.00. The van der Waals surface area contributed by atoms with Gasteiger partial charge in [0.05, 0.1) is 19.3 Å². The minimum Gasteiger partial charge on any atom is -0.383 e. The van der Waals surface area contributed by atoms with Gasteiger partial charge in [-0.3, -0.25) is 9.20 Å². The van der Waals surface area contributed by atoms with Crippen molar-refractivity contribution in [2.45, 2.75) is 13.5 Å². The molecule has 0 aliphatic heterocycles. The van der Waals surface area contributed by atoms with E-state index < -0.39 is 0 Å². The molecule has 0 radical (unpaired) electrons. The first-order valence-electron chi connectivity index (χ1n) is 7.63. The van der Waals surface area contributed by atoms with E-state index in [1.165, 1.54) is 26.8 Å². The van der Waals surface area contributed by atoms with Crippen molar-refractivity contribution in [2.75, 3.05) is 25.6 Å². The van der Waals surface area contributed by atoms with Crippen LogP contribution in [0.15, 0.2) is 34.7 Å². The predicted octanol–water partition coefficient (Wildman–Crippen LogP) is 2.81. The van der Waals surface area contributed by atoms with Gasteiger partial charge in [-0.25, -0.2) is 9.78 Å². The molecule has 0 saturated heterocycles. The van der Waals surface area contributed by atoms with Crippen LogP contribution in [0, 0.1) is 6.92 Å². The maximum Gasteiger partial charge on any atom is 0.322 e. The molecule has 0 unspecified atom stereocenters. The number of thiazole rings is 1. The highest BCUT2D eigenvalue weighted by atomic mass is 32.1. The standard InChI is InChI=1S/C16H18N4O3S2/c1-11-3-4-12(25-11)10-19(5-7-23-2)15(22)18-13-9-17-16-20(14(13)21)6-8-24-16/h3-4,6,8-9H,5,7,10H2,1-2H3,(H,18,22). The second kappa shape index (κ2) is 7.77. The molecule has 0 aliphatic carbocycles. The van der Waals surface area contributed by atoms with E-state index in [4.69, 9.17) is 4.74 Å². The van der Waals surface area contributed by atoms with Crippen LogP contribution >= 0.6 is 22.7 Å². The van der Waals surface area contributed by atoms with Gasteiger partial charge >= 0.3 is 6.03 Å². The van der Waals surface area contributed by atoms with Crippen LogP contribution in [0.25, 0.3) is 4.96 Å². The van der Waals surface area contributed by atoms with E-state index in [-0.39, 0.29) is 17.3 Å². The van der Waals surface area contributed by atoms with Crippen molar-refractivity contribution in [3.8, 4) is 0 Å². The third-order valence-electron chi connectivity index (χ3n) is 3.58. The van der Waals surface area contributed by atoms with Crippen LogP contribution in [0.1, 0.15) is 9.75 Å². The molecule has 0 atom stereocenters. The van der Waals surface area contributed by atoms with E-state index in [0.29, 0.717) is 24.7 Å². The number of hydrogen-bond acceptors (Lipinski definition) is 6. The molecule has 25 heavy (non-hydrogen) atoms. The molecule has 1 N–H and O–H groups in total. The first-order valence-corrected chi connectivity index (χ1v) is 9.33. The number of anilines is 1. The number of aromatic nitrogens is 2. The number of rotatable bonds is 6. The molecule has 0 bridgehead atoms. The normalized spacial score (nSPS) is 11.0. The lowest BCUT2D eigenvalue weighted by Crippen LogP contribution is -2.38. The molecular formula is C16H18N4O3S2. The summed E-state index contributed by atoms with van der Waals surface area (Å²) in [4.78, 5) is 33.7. The summed E-state index contributed by atoms with van der Waals surface area (Å²) in [5.74, 6) is 0. The van der Waals surface area contributed by atoms with Crippen molar-refractivity contribution in [2.24, 2.45) is 0 Å². The molecule has 0 aromatic carbocycles. The number of hydrogen-bond donors (Lipinski definition) is 1. The molecule has 132 valence electrons. The van der Waals surface area contributed by atoms with E-state index in [9.17, 15) is 9.59 Å². The first-order chi connectivity index (χ1) is 12.1. The summed E-state index contributed by atoms with van der Waals surface area (Å²) in [7, 11) is 1.59. The Labute approximate surface area is 152 Å². The molecule has 3 aromatic heterocycles. The van der Waals surface area contributed by atoms with Crippen molar-refractivity contribution >= 4 is 39.4 Å². The number of nitrogens with zero attached hydrogens (tertiary/aromatic N) is 3. The van der Waals surface area contributed by atoms with E-state index in [1.54, 1.807) is 34.9 Å². The number of aryl methyl sites for hydroxylation is 1. The number of carbonyl (C=O) groups is 1. The van der Waals surface area contributed by atoms with E-state index >= 15 is 0 Å². The molecule has 9 heteroatoms. The van der Waals surface area contributed by atoms with Crippen LogP contribution in [0.4, 0.5) is 10.5 Å². The van der Waals surface area contributed by atoms with Gasteiger partial charge < -0.3 is 15.0 Å². The smallest absolute Gasteiger partial charge is 0.322 e. The zero-order chi connectivity index (χ0) is 17.8. The minimum absolute atomic E-state index is 0.158. The quantitative estimate of drug-likeness (QED) is 0.716. The maximum atomic E-state index is 12.6. The summed E-state index contributed by atoms with van der Waals surface area (Å²) in [6.45, 7) is 3.33. The van der Waals surface area contributed by atoms with Crippen molar-refractivity contribution < 1.29 is 9.53 Å². The number of ether oxygens (including phenoxy) is 1. The number of carbonyl (C=O) groups excluding carboxylic acids is 1. The highest BCUT2D eigenvalue weighted by molar-refractivity contribution is 7.15. The third kappa shape index (κ3) is 4.06. The number of thiophene rings is 1. The fourth-order valence-electron chi connectivity index (χ4n) is 2.32. The average Bonchev–Trinajstić information content (AvgIpc) is 3.23. The Morgan fingerprint density at radius 2 is 2.28 bits per heavy atom. The van der Waals surface area contributed by atoms with E-state index in [2.05, 4.69) is 10.3 Å². The molecule has 0 fully saturated rings. The molecule has 0 spiro atoms. The molecular weight excluding hydrogens is 360 g/mol. The van der Waals surface area contributed by atoms with Crippen LogP contribution in [0.5, 0.6) is 0 Å². The first kappa shape index (κ1) is 17.6. The average molecular weight is 378 g/mol. The molecule has 3 aromatic rings. The number of amides is 2. The van der Waals surface area contributed by atoms with E-state index in [1.807, 2.05) is 19.1 Å². The van der Waals surface area contributed by atoms with Gasteiger partial charge in [0, 0.05) is 35.0 Å². The monoisotopic (exact) mass is 378 g/mol. The summed E-state index contributed by atoms with van der Waals surface area (Å²) < 4.78 is 6.51. The third-order valence-corrected chi connectivity index (χ3v) is 5.34. The van der Waals surface area contributed by atoms with Gasteiger partial charge in [0.25, 0.3) is 5.56 Å². The lowest BCUT2D eigenvalue weighted by Gasteiger charge is -2.22. The minimum atomic E-state index is -0.350. The van der Waals surface area contributed by atoms with Crippen LogP contribution in [0.2, 0.25) is 0 Å². The zero-order valence-corrected chi connectivity index (χ0v) is 15.5. The zero-order valence-electron chi connectivity index (χ0n) is 13.9. The molecule has 3 rings (SSSR count). The highest BCUT2D eigenvalue weighted by Gasteiger charge is 2.17. The number of fused-ring (bicyclic) bond motifs is 1. The lowest BCUT2D eigenvalue weighted by molar-refractivity contribution is 0.153. The van der Waals surface area contributed by atoms with Gasteiger partial charge in [-0.2, -0.15) is 0 Å². The Bertz CT molecular complexity index is 931. The van der Waals surface area contributed by atoms with Crippen molar-refractivity contribution in [1.29, 1.82) is 0 Å². The van der Waals surface area contributed by atoms with E-state index in [0.717, 1.165) is 4.88 Å². The Balaban J connectivity index is 1.78. The Kier molecular flexibility index (Phi) is 5.47. The van der Waals surface area contributed by atoms with Gasteiger partial charge in [0.1, 0.15) is 5.69 Å². The summed E-state index contributed by atoms with van der Waals surface area (Å²) in [6.07, 6.45) is 3.04. The van der Waals surface area contributed by atoms with Crippen molar-refractivity contribution in [3.63, 3.8) is 0 Å². The Morgan fingerprint density at radius 3 is 3.00 bits per heavy atom. The summed E-state index contributed by atoms with van der Waals surface area (Å²) in [5, 5.41) is 4.45. The second-order valence-corrected chi connectivity index (χ2v) is 7.63. The molecule has 0 saturated carbocycles. The molecule has 2 amide bonds. The van der Waals surface area contributed by atoms with Gasteiger partial charge in [-0.05, 0) is 19.1 Å². The summed E-state index contributed by atoms with van der Waals surface area (Å²) in [6, 6.07) is 3.67. The largest absolute Gasteiger partial charge is 0.383 e. The van der Waals surface area contributed by atoms with Crippen LogP contribution in [0.3, 0.4) is 0 Å².